The first-order chi connectivity index (χ1) is 8.76. The van der Waals surface area contributed by atoms with Gasteiger partial charge in [-0.25, -0.2) is 0 Å². The standard InChI is InChI=1S/C14H25NOS2/c1-4-7-8-9-10-11-17-18-12-13(15-6-3)14(16)5-2/h5-6,13,15H,2-4,7-12H2,1H3/t13-/m0/s1. The number of hydrogen-bond acceptors (Lipinski definition) is 4. The molecule has 104 valence electrons. The first kappa shape index (κ1) is 17.6. The van der Waals surface area contributed by atoms with Gasteiger partial charge >= 0.3 is 0 Å². The van der Waals surface area contributed by atoms with E-state index in [2.05, 4.69) is 25.4 Å². The Hall–Kier alpha value is -0.350. The molecule has 0 saturated carbocycles. The Morgan fingerprint density at radius 3 is 2.56 bits per heavy atom. The Kier molecular flexibility index (Phi) is 12.8. The van der Waals surface area contributed by atoms with Crippen molar-refractivity contribution in [2.24, 2.45) is 0 Å². The fourth-order valence-electron chi connectivity index (χ4n) is 1.44. The molecule has 0 unspecified atom stereocenters. The molecule has 1 N–H and O–H groups in total. The van der Waals surface area contributed by atoms with Crippen LogP contribution in [0.25, 0.3) is 0 Å². The van der Waals surface area contributed by atoms with Crippen molar-refractivity contribution >= 4 is 27.4 Å². The second kappa shape index (κ2) is 13.1. The molecule has 0 aromatic heterocycles. The average Bonchev–Trinajstić information content (AvgIpc) is 2.39. The van der Waals surface area contributed by atoms with E-state index >= 15 is 0 Å². The third-order valence-corrected chi connectivity index (χ3v) is 5.01. The van der Waals surface area contributed by atoms with Gasteiger partial charge in [-0.3, -0.25) is 4.79 Å². The van der Waals surface area contributed by atoms with E-state index in [1.807, 2.05) is 10.8 Å². The van der Waals surface area contributed by atoms with Crippen LogP contribution in [0.5, 0.6) is 0 Å². The van der Waals surface area contributed by atoms with E-state index < -0.39 is 0 Å². The number of carbonyl (C=O) groups excluding carboxylic acids is 1. The minimum Gasteiger partial charge on any atom is -0.381 e. The normalized spacial score (nSPS) is 11.8. The third-order valence-electron chi connectivity index (χ3n) is 2.51. The maximum atomic E-state index is 11.5. The molecule has 18 heavy (non-hydrogen) atoms. The Balaban J connectivity index is 3.52. The van der Waals surface area contributed by atoms with Gasteiger partial charge in [0.2, 0.25) is 0 Å². The van der Waals surface area contributed by atoms with E-state index in [9.17, 15) is 4.79 Å². The third kappa shape index (κ3) is 9.66. The van der Waals surface area contributed by atoms with Crippen molar-refractivity contribution in [3.05, 3.63) is 25.4 Å². The molecule has 2 nitrogen and oxygen atoms in total. The van der Waals surface area contributed by atoms with Gasteiger partial charge in [0.25, 0.3) is 0 Å². The largest absolute Gasteiger partial charge is 0.381 e. The molecule has 0 amide bonds. The zero-order chi connectivity index (χ0) is 13.6. The summed E-state index contributed by atoms with van der Waals surface area (Å²) in [5, 5.41) is 2.96. The molecule has 0 saturated heterocycles. The molecule has 0 bridgehead atoms. The average molecular weight is 287 g/mol. The zero-order valence-electron chi connectivity index (χ0n) is 11.3. The molecule has 1 atom stereocenters. The number of ketones is 1. The van der Waals surface area contributed by atoms with Crippen LogP contribution in [0.4, 0.5) is 0 Å². The Morgan fingerprint density at radius 2 is 1.94 bits per heavy atom. The van der Waals surface area contributed by atoms with Crippen molar-refractivity contribution in [2.45, 2.75) is 45.1 Å². The lowest BCUT2D eigenvalue weighted by Crippen LogP contribution is -2.34. The molecular formula is C14H25NOS2. The Morgan fingerprint density at radius 1 is 1.22 bits per heavy atom. The second-order valence-corrected chi connectivity index (χ2v) is 6.68. The van der Waals surface area contributed by atoms with Crippen LogP contribution in [0.1, 0.15) is 39.0 Å². The van der Waals surface area contributed by atoms with Gasteiger partial charge in [-0.1, -0.05) is 67.4 Å². The lowest BCUT2D eigenvalue weighted by atomic mass is 10.2. The maximum Gasteiger partial charge on any atom is 0.178 e. The Bertz CT molecular complexity index is 244. The number of rotatable bonds is 13. The summed E-state index contributed by atoms with van der Waals surface area (Å²) in [7, 11) is 3.60. The quantitative estimate of drug-likeness (QED) is 0.312. The summed E-state index contributed by atoms with van der Waals surface area (Å²) in [6, 6.07) is -0.183. The summed E-state index contributed by atoms with van der Waals surface area (Å²) < 4.78 is 0. The van der Waals surface area contributed by atoms with E-state index in [-0.39, 0.29) is 11.8 Å². The van der Waals surface area contributed by atoms with Crippen molar-refractivity contribution in [1.29, 1.82) is 0 Å². The molecule has 0 rings (SSSR count). The molecule has 0 aliphatic heterocycles. The summed E-state index contributed by atoms with van der Waals surface area (Å²) in [5.74, 6) is 1.96. The van der Waals surface area contributed by atoms with Crippen molar-refractivity contribution < 1.29 is 4.79 Å². The van der Waals surface area contributed by atoms with Gasteiger partial charge in [-0.2, -0.15) is 0 Å². The van der Waals surface area contributed by atoms with Gasteiger partial charge in [0.05, 0.1) is 6.04 Å². The van der Waals surface area contributed by atoms with E-state index in [0.717, 1.165) is 11.5 Å². The minimum absolute atomic E-state index is 0.0333. The minimum atomic E-state index is -0.183. The lowest BCUT2D eigenvalue weighted by molar-refractivity contribution is -0.115. The van der Waals surface area contributed by atoms with E-state index in [1.54, 1.807) is 17.0 Å². The fourth-order valence-corrected chi connectivity index (χ4v) is 3.77. The molecule has 0 spiro atoms. The highest BCUT2D eigenvalue weighted by atomic mass is 33.1. The summed E-state index contributed by atoms with van der Waals surface area (Å²) >= 11 is 0. The van der Waals surface area contributed by atoms with Crippen LogP contribution in [0, 0.1) is 0 Å². The molecule has 0 radical (unpaired) electrons. The van der Waals surface area contributed by atoms with Gasteiger partial charge < -0.3 is 5.32 Å². The van der Waals surface area contributed by atoms with Crippen LogP contribution in [-0.2, 0) is 4.79 Å². The van der Waals surface area contributed by atoms with Gasteiger partial charge in [0, 0.05) is 11.5 Å². The van der Waals surface area contributed by atoms with Crippen molar-refractivity contribution in [3.8, 4) is 0 Å². The summed E-state index contributed by atoms with van der Waals surface area (Å²) in [4.78, 5) is 11.5. The number of unbranched alkanes of at least 4 members (excludes halogenated alkanes) is 4. The van der Waals surface area contributed by atoms with Gasteiger partial charge in [-0.05, 0) is 18.7 Å². The number of nitrogens with one attached hydrogen (secondary N) is 1. The van der Waals surface area contributed by atoms with Crippen LogP contribution < -0.4 is 5.32 Å². The molecule has 0 aliphatic carbocycles. The highest BCUT2D eigenvalue weighted by Gasteiger charge is 2.13. The first-order valence-corrected chi connectivity index (χ1v) is 9.02. The molecule has 0 heterocycles. The SMILES string of the molecule is C=CN[C@@H](CSSCCCCCCC)C(=O)C=C. The van der Waals surface area contributed by atoms with Crippen molar-refractivity contribution in [1.82, 2.24) is 5.32 Å². The molecule has 0 aliphatic rings. The summed E-state index contributed by atoms with van der Waals surface area (Å²) in [5.41, 5.74) is 0. The number of carbonyl (C=O) groups is 1. The highest BCUT2D eigenvalue weighted by Crippen LogP contribution is 2.24. The summed E-state index contributed by atoms with van der Waals surface area (Å²) in [6.45, 7) is 9.33. The molecule has 0 aromatic rings. The van der Waals surface area contributed by atoms with Crippen LogP contribution >= 0.6 is 21.6 Å². The summed E-state index contributed by atoms with van der Waals surface area (Å²) in [6.07, 6.45) is 9.52. The molecular weight excluding hydrogens is 262 g/mol. The highest BCUT2D eigenvalue weighted by molar-refractivity contribution is 8.76. The number of hydrogen-bond donors (Lipinski definition) is 1. The zero-order valence-corrected chi connectivity index (χ0v) is 13.0. The van der Waals surface area contributed by atoms with Crippen molar-refractivity contribution in [2.75, 3.05) is 11.5 Å². The van der Waals surface area contributed by atoms with Crippen LogP contribution in [0.2, 0.25) is 0 Å². The van der Waals surface area contributed by atoms with E-state index in [4.69, 9.17) is 0 Å². The topological polar surface area (TPSA) is 29.1 Å². The Labute approximate surface area is 119 Å². The smallest absolute Gasteiger partial charge is 0.178 e. The maximum absolute atomic E-state index is 11.5. The molecule has 4 heteroatoms. The van der Waals surface area contributed by atoms with E-state index in [0.29, 0.717) is 0 Å². The molecule has 0 fully saturated rings. The first-order valence-electron chi connectivity index (χ1n) is 6.53. The van der Waals surface area contributed by atoms with Gasteiger partial charge in [0.15, 0.2) is 5.78 Å². The second-order valence-electron chi connectivity index (χ2n) is 4.05. The molecule has 0 aromatic carbocycles. The van der Waals surface area contributed by atoms with Crippen LogP contribution in [0.3, 0.4) is 0 Å². The van der Waals surface area contributed by atoms with E-state index in [1.165, 1.54) is 38.2 Å². The van der Waals surface area contributed by atoms with Crippen LogP contribution in [0.15, 0.2) is 25.4 Å². The van der Waals surface area contributed by atoms with Crippen LogP contribution in [-0.4, -0.2) is 23.3 Å². The van der Waals surface area contributed by atoms with Gasteiger partial charge in [0.1, 0.15) is 0 Å². The lowest BCUT2D eigenvalue weighted by Gasteiger charge is -2.13. The fraction of sp³-hybridized carbons (Fsp3) is 0.643. The predicted molar refractivity (Wildman–Crippen MR) is 86.0 cm³/mol. The van der Waals surface area contributed by atoms with Crippen molar-refractivity contribution in [3.63, 3.8) is 0 Å². The predicted octanol–water partition coefficient (Wildman–Crippen LogP) is 4.20. The monoisotopic (exact) mass is 287 g/mol. The van der Waals surface area contributed by atoms with Gasteiger partial charge in [-0.15, -0.1) is 0 Å².